The highest BCUT2D eigenvalue weighted by Crippen LogP contribution is 2.39. The lowest BCUT2D eigenvalue weighted by molar-refractivity contribution is 0.318. The maximum Gasteiger partial charge on any atom is 0.135 e. The fourth-order valence-electron chi connectivity index (χ4n) is 3.25. The van der Waals surface area contributed by atoms with Crippen molar-refractivity contribution in [3.05, 3.63) is 17.0 Å². The summed E-state index contributed by atoms with van der Waals surface area (Å²) in [7, 11) is 0. The average Bonchev–Trinajstić information content (AvgIpc) is 3.25. The lowest BCUT2D eigenvalue weighted by Crippen LogP contribution is -2.26. The molecular formula is C16H24ClN3. The minimum absolute atomic E-state index is 0.551. The maximum absolute atomic E-state index is 6.11. The molecule has 0 aliphatic heterocycles. The van der Waals surface area contributed by atoms with Crippen LogP contribution in [0, 0.1) is 5.92 Å². The van der Waals surface area contributed by atoms with Crippen LogP contribution >= 0.6 is 11.6 Å². The van der Waals surface area contributed by atoms with E-state index >= 15 is 0 Å². The van der Waals surface area contributed by atoms with Crippen LogP contribution in [0.1, 0.15) is 70.0 Å². The molecule has 2 aliphatic carbocycles. The first-order valence-electron chi connectivity index (χ1n) is 8.05. The average molecular weight is 294 g/mol. The van der Waals surface area contributed by atoms with Gasteiger partial charge in [0.15, 0.2) is 0 Å². The monoisotopic (exact) mass is 293 g/mol. The number of nitrogens with zero attached hydrogens (tertiary/aromatic N) is 2. The highest BCUT2D eigenvalue weighted by Gasteiger charge is 2.28. The summed E-state index contributed by atoms with van der Waals surface area (Å²) in [4.78, 5) is 8.98. The first-order valence-corrected chi connectivity index (χ1v) is 8.43. The number of rotatable bonds is 5. The van der Waals surface area contributed by atoms with Crippen LogP contribution in [0.25, 0.3) is 0 Å². The standard InChI is InChI=1S/C16H24ClN3/c1-2-3-11-4-8-13(9-5-11)18-15-10-14(17)19-16(20-15)12-6-7-12/h10-13H,2-9H2,1H3,(H,18,19,20). The third-order valence-electron chi connectivity index (χ3n) is 4.55. The van der Waals surface area contributed by atoms with Gasteiger partial charge in [-0.2, -0.15) is 0 Å². The molecule has 0 atom stereocenters. The van der Waals surface area contributed by atoms with Gasteiger partial charge in [0.05, 0.1) is 0 Å². The summed E-state index contributed by atoms with van der Waals surface area (Å²) in [6.07, 6.45) is 10.3. The van der Waals surface area contributed by atoms with Crippen LogP contribution in [0.15, 0.2) is 6.07 Å². The summed E-state index contributed by atoms with van der Waals surface area (Å²) in [5, 5.41) is 4.15. The minimum atomic E-state index is 0.551. The third kappa shape index (κ3) is 3.63. The van der Waals surface area contributed by atoms with Gasteiger partial charge in [0.25, 0.3) is 0 Å². The Hall–Kier alpha value is -0.830. The Kier molecular flexibility index (Phi) is 4.45. The number of halogens is 1. The van der Waals surface area contributed by atoms with E-state index in [1.165, 1.54) is 51.4 Å². The Balaban J connectivity index is 1.58. The van der Waals surface area contributed by atoms with E-state index in [1.807, 2.05) is 6.07 Å². The number of aromatic nitrogens is 2. The van der Waals surface area contributed by atoms with E-state index in [1.54, 1.807) is 0 Å². The van der Waals surface area contributed by atoms with Crippen molar-refractivity contribution in [3.63, 3.8) is 0 Å². The quantitative estimate of drug-likeness (QED) is 0.794. The second kappa shape index (κ2) is 6.30. The first kappa shape index (κ1) is 14.1. The van der Waals surface area contributed by atoms with Gasteiger partial charge in [0, 0.05) is 18.0 Å². The van der Waals surface area contributed by atoms with Crippen LogP contribution in [-0.4, -0.2) is 16.0 Å². The van der Waals surface area contributed by atoms with Gasteiger partial charge in [-0.05, 0) is 44.4 Å². The van der Waals surface area contributed by atoms with Gasteiger partial charge in [-0.3, -0.25) is 0 Å². The SMILES string of the molecule is CCCC1CCC(Nc2cc(Cl)nc(C3CC3)n2)CC1. The fraction of sp³-hybridized carbons (Fsp3) is 0.750. The molecule has 1 aromatic heterocycles. The normalized spacial score (nSPS) is 26.5. The second-order valence-corrected chi connectivity index (χ2v) is 6.75. The van der Waals surface area contributed by atoms with Crippen molar-refractivity contribution in [3.8, 4) is 0 Å². The molecule has 2 saturated carbocycles. The molecule has 1 aromatic rings. The summed E-state index contributed by atoms with van der Waals surface area (Å²) in [5.74, 6) is 3.34. The Morgan fingerprint density at radius 1 is 1.15 bits per heavy atom. The molecular weight excluding hydrogens is 270 g/mol. The van der Waals surface area contributed by atoms with Crippen molar-refractivity contribution in [2.24, 2.45) is 5.92 Å². The summed E-state index contributed by atoms with van der Waals surface area (Å²) in [6, 6.07) is 2.42. The zero-order chi connectivity index (χ0) is 13.9. The van der Waals surface area contributed by atoms with Gasteiger partial charge in [-0.1, -0.05) is 31.4 Å². The van der Waals surface area contributed by atoms with Crippen LogP contribution in [0.5, 0.6) is 0 Å². The Bertz CT molecular complexity index is 451. The molecule has 1 heterocycles. The predicted octanol–water partition coefficient (Wildman–Crippen LogP) is 4.78. The van der Waals surface area contributed by atoms with Crippen LogP contribution in [0.4, 0.5) is 5.82 Å². The molecule has 2 fully saturated rings. The molecule has 0 saturated heterocycles. The molecule has 0 spiro atoms. The van der Waals surface area contributed by atoms with Crippen molar-refractivity contribution < 1.29 is 0 Å². The van der Waals surface area contributed by atoms with E-state index in [4.69, 9.17) is 11.6 Å². The number of nitrogens with one attached hydrogen (secondary N) is 1. The van der Waals surface area contributed by atoms with E-state index in [2.05, 4.69) is 22.2 Å². The summed E-state index contributed by atoms with van der Waals surface area (Å²) < 4.78 is 0. The van der Waals surface area contributed by atoms with Crippen molar-refractivity contribution in [1.82, 2.24) is 9.97 Å². The van der Waals surface area contributed by atoms with Gasteiger partial charge in [0.1, 0.15) is 16.8 Å². The molecule has 0 radical (unpaired) electrons. The smallest absolute Gasteiger partial charge is 0.135 e. The van der Waals surface area contributed by atoms with Crippen molar-refractivity contribution in [2.45, 2.75) is 70.3 Å². The van der Waals surface area contributed by atoms with Crippen LogP contribution in [0.3, 0.4) is 0 Å². The maximum atomic E-state index is 6.11. The van der Waals surface area contributed by atoms with Gasteiger partial charge in [-0.25, -0.2) is 9.97 Å². The number of hydrogen-bond donors (Lipinski definition) is 1. The fourth-order valence-corrected chi connectivity index (χ4v) is 3.44. The molecule has 20 heavy (non-hydrogen) atoms. The van der Waals surface area contributed by atoms with Crippen LogP contribution in [0.2, 0.25) is 5.15 Å². The van der Waals surface area contributed by atoms with Gasteiger partial charge in [-0.15, -0.1) is 0 Å². The van der Waals surface area contributed by atoms with Crippen molar-refractivity contribution >= 4 is 17.4 Å². The van der Waals surface area contributed by atoms with E-state index in [0.29, 0.717) is 17.1 Å². The molecule has 3 nitrogen and oxygen atoms in total. The highest BCUT2D eigenvalue weighted by atomic mass is 35.5. The molecule has 3 rings (SSSR count). The predicted molar refractivity (Wildman–Crippen MR) is 83.3 cm³/mol. The van der Waals surface area contributed by atoms with E-state index in [9.17, 15) is 0 Å². The molecule has 1 N–H and O–H groups in total. The summed E-state index contributed by atoms with van der Waals surface area (Å²) in [5.41, 5.74) is 0. The minimum Gasteiger partial charge on any atom is -0.367 e. The zero-order valence-corrected chi connectivity index (χ0v) is 13.0. The number of hydrogen-bond acceptors (Lipinski definition) is 3. The Morgan fingerprint density at radius 2 is 1.90 bits per heavy atom. The molecule has 0 unspecified atom stereocenters. The second-order valence-electron chi connectivity index (χ2n) is 6.36. The Labute approximate surface area is 126 Å². The van der Waals surface area contributed by atoms with Gasteiger partial charge < -0.3 is 5.32 Å². The van der Waals surface area contributed by atoms with Crippen LogP contribution < -0.4 is 5.32 Å². The molecule has 0 amide bonds. The van der Waals surface area contributed by atoms with Gasteiger partial charge in [0.2, 0.25) is 0 Å². The van der Waals surface area contributed by atoms with E-state index in [0.717, 1.165) is 17.6 Å². The topological polar surface area (TPSA) is 37.8 Å². The number of anilines is 1. The lowest BCUT2D eigenvalue weighted by Gasteiger charge is -2.29. The van der Waals surface area contributed by atoms with E-state index in [-0.39, 0.29) is 0 Å². The summed E-state index contributed by atoms with van der Waals surface area (Å²) >= 11 is 6.11. The molecule has 110 valence electrons. The molecule has 4 heteroatoms. The lowest BCUT2D eigenvalue weighted by atomic mass is 9.83. The molecule has 2 aliphatic rings. The largest absolute Gasteiger partial charge is 0.367 e. The summed E-state index contributed by atoms with van der Waals surface area (Å²) in [6.45, 7) is 2.28. The van der Waals surface area contributed by atoms with Gasteiger partial charge >= 0.3 is 0 Å². The van der Waals surface area contributed by atoms with E-state index < -0.39 is 0 Å². The molecule has 0 aromatic carbocycles. The van der Waals surface area contributed by atoms with Crippen LogP contribution in [-0.2, 0) is 0 Å². The van der Waals surface area contributed by atoms with Crippen molar-refractivity contribution in [2.75, 3.05) is 5.32 Å². The first-order chi connectivity index (χ1) is 9.74. The third-order valence-corrected chi connectivity index (χ3v) is 4.74. The Morgan fingerprint density at radius 3 is 2.55 bits per heavy atom. The zero-order valence-electron chi connectivity index (χ0n) is 12.2. The molecule has 0 bridgehead atoms. The highest BCUT2D eigenvalue weighted by molar-refractivity contribution is 6.29. The van der Waals surface area contributed by atoms with Crippen molar-refractivity contribution in [1.29, 1.82) is 0 Å².